The number of non-ortho nitro benzene ring substituents is 1. The van der Waals surface area contributed by atoms with Gasteiger partial charge in [0.25, 0.3) is 5.69 Å². The van der Waals surface area contributed by atoms with Crippen molar-refractivity contribution in [3.8, 4) is 0 Å². The van der Waals surface area contributed by atoms with Gasteiger partial charge in [-0.05, 0) is 37.1 Å². The van der Waals surface area contributed by atoms with Crippen molar-refractivity contribution in [2.45, 2.75) is 26.4 Å². The van der Waals surface area contributed by atoms with E-state index >= 15 is 0 Å². The first-order valence-electron chi connectivity index (χ1n) is 10.5. The van der Waals surface area contributed by atoms with Gasteiger partial charge in [0.1, 0.15) is 0 Å². The van der Waals surface area contributed by atoms with E-state index in [2.05, 4.69) is 10.3 Å². The van der Waals surface area contributed by atoms with E-state index in [0.717, 1.165) is 5.56 Å². The van der Waals surface area contributed by atoms with Crippen LogP contribution in [-0.2, 0) is 30.4 Å². The normalized spacial score (nSPS) is 15.1. The number of nitrogens with one attached hydrogen (secondary N) is 1. The number of carbonyl (C=O) groups excluding carboxylic acids is 2. The Morgan fingerprint density at radius 2 is 1.83 bits per heavy atom. The highest BCUT2D eigenvalue weighted by Gasteiger charge is 2.39. The molecule has 0 spiro atoms. The molecule has 0 saturated heterocycles. The maximum atomic E-state index is 13.1. The van der Waals surface area contributed by atoms with Gasteiger partial charge in [0.2, 0.25) is 0 Å². The average molecular weight is 504 g/mol. The minimum Gasteiger partial charge on any atom is -0.466 e. The molecule has 2 aromatic rings. The predicted octanol–water partition coefficient (Wildman–Crippen LogP) is 3.58. The molecule has 0 bridgehead atoms. The van der Waals surface area contributed by atoms with Crippen LogP contribution in [0.15, 0.2) is 71.3 Å². The number of nitro benzene ring substituents is 1. The highest BCUT2D eigenvalue weighted by atomic mass is 35.5. The second-order valence-electron chi connectivity index (χ2n) is 7.40. The first kappa shape index (κ1) is 27.5. The summed E-state index contributed by atoms with van der Waals surface area (Å²) < 4.78 is 16.1. The summed E-state index contributed by atoms with van der Waals surface area (Å²) >= 11 is 0. The molecular weight excluding hydrogens is 478 g/mol. The first-order valence-corrected chi connectivity index (χ1v) is 10.5. The molecule has 2 heterocycles. The largest absolute Gasteiger partial charge is 0.466 e. The number of allylic oxidation sites excluding steroid dienone is 1. The quantitative estimate of drug-likeness (QED) is 0.310. The molecule has 35 heavy (non-hydrogen) atoms. The number of halogens is 1. The molecule has 3 rings (SSSR count). The Bertz CT molecular complexity index is 1150. The van der Waals surface area contributed by atoms with Crippen molar-refractivity contribution in [1.29, 1.82) is 0 Å². The lowest BCUT2D eigenvalue weighted by Crippen LogP contribution is -2.34. The molecule has 0 radical (unpaired) electrons. The van der Waals surface area contributed by atoms with E-state index in [4.69, 9.17) is 14.2 Å². The van der Waals surface area contributed by atoms with Crippen molar-refractivity contribution in [2.75, 3.05) is 20.3 Å². The number of esters is 2. The summed E-state index contributed by atoms with van der Waals surface area (Å²) in [7, 11) is 1.23. The lowest BCUT2D eigenvalue weighted by molar-refractivity contribution is -0.384. The molecule has 1 unspecified atom stereocenters. The average Bonchev–Trinajstić information content (AvgIpc) is 2.84. The third-order valence-electron chi connectivity index (χ3n) is 5.22. The van der Waals surface area contributed by atoms with Crippen molar-refractivity contribution in [3.63, 3.8) is 0 Å². The number of nitro groups is 1. The fraction of sp³-hybridized carbons (Fsp3) is 0.292. The summed E-state index contributed by atoms with van der Waals surface area (Å²) in [5.74, 6) is -2.28. The molecule has 1 atom stereocenters. The first-order chi connectivity index (χ1) is 16.4. The third kappa shape index (κ3) is 6.43. The van der Waals surface area contributed by atoms with Crippen LogP contribution in [0.1, 0.15) is 30.9 Å². The SMILES string of the molecule is CCOC(=O)C1=C(COCc2ccncc2)NC(C)=C(C(=O)OC)C1c1cccc([N+](=O)[O-])c1.Cl. The number of carbonyl (C=O) groups is 2. The molecular formula is C24H26ClN3O7. The van der Waals surface area contributed by atoms with Crippen molar-refractivity contribution in [3.05, 3.63) is 92.6 Å². The third-order valence-corrected chi connectivity index (χ3v) is 5.22. The van der Waals surface area contributed by atoms with Gasteiger partial charge in [0, 0.05) is 30.2 Å². The molecule has 0 amide bonds. The van der Waals surface area contributed by atoms with Crippen LogP contribution in [0.4, 0.5) is 5.69 Å². The number of rotatable bonds is 9. The molecule has 1 aliphatic heterocycles. The zero-order chi connectivity index (χ0) is 24.7. The molecule has 10 nitrogen and oxygen atoms in total. The number of nitrogens with zero attached hydrogens (tertiary/aromatic N) is 2. The number of ether oxygens (including phenoxy) is 3. The zero-order valence-corrected chi connectivity index (χ0v) is 20.3. The van der Waals surface area contributed by atoms with Crippen LogP contribution < -0.4 is 5.32 Å². The Balaban J connectivity index is 0.00000432. The van der Waals surface area contributed by atoms with E-state index in [1.54, 1.807) is 44.4 Å². The van der Waals surface area contributed by atoms with E-state index in [1.807, 2.05) is 0 Å². The van der Waals surface area contributed by atoms with Gasteiger partial charge in [-0.2, -0.15) is 0 Å². The Labute approximate surface area is 208 Å². The van der Waals surface area contributed by atoms with Crippen LogP contribution >= 0.6 is 12.4 Å². The summed E-state index contributed by atoms with van der Waals surface area (Å²) in [5, 5.41) is 14.5. The number of methoxy groups -OCH3 is 1. The number of hydrogen-bond donors (Lipinski definition) is 1. The van der Waals surface area contributed by atoms with Gasteiger partial charge in [0.15, 0.2) is 0 Å². The van der Waals surface area contributed by atoms with Gasteiger partial charge in [-0.15, -0.1) is 12.4 Å². The van der Waals surface area contributed by atoms with Gasteiger partial charge in [-0.25, -0.2) is 9.59 Å². The summed E-state index contributed by atoms with van der Waals surface area (Å²) in [6.07, 6.45) is 3.30. The number of benzene rings is 1. The Morgan fingerprint density at radius 3 is 2.46 bits per heavy atom. The van der Waals surface area contributed by atoms with Crippen molar-refractivity contribution in [1.82, 2.24) is 10.3 Å². The van der Waals surface area contributed by atoms with Gasteiger partial charge >= 0.3 is 11.9 Å². The fourth-order valence-electron chi connectivity index (χ4n) is 3.74. The van der Waals surface area contributed by atoms with Crippen LogP contribution in [0.2, 0.25) is 0 Å². The standard InChI is InChI=1S/C24H25N3O7.ClH/c1-4-34-24(29)22-19(14-33-13-16-8-10-25-11-9-16)26-15(2)20(23(28)32-3)21(22)17-6-5-7-18(12-17)27(30)31;/h5-12,21,26H,4,13-14H2,1-3H3;1H. The molecule has 1 aliphatic rings. The van der Waals surface area contributed by atoms with Crippen molar-refractivity contribution < 1.29 is 28.7 Å². The number of pyridine rings is 1. The predicted molar refractivity (Wildman–Crippen MR) is 128 cm³/mol. The monoisotopic (exact) mass is 503 g/mol. The fourth-order valence-corrected chi connectivity index (χ4v) is 3.74. The minimum absolute atomic E-state index is 0. The second-order valence-corrected chi connectivity index (χ2v) is 7.40. The molecule has 1 N–H and O–H groups in total. The molecule has 0 saturated carbocycles. The maximum absolute atomic E-state index is 13.1. The lowest BCUT2D eigenvalue weighted by atomic mass is 9.80. The van der Waals surface area contributed by atoms with Gasteiger partial charge < -0.3 is 19.5 Å². The van der Waals surface area contributed by atoms with Crippen LogP contribution in [0.5, 0.6) is 0 Å². The van der Waals surface area contributed by atoms with E-state index in [0.29, 0.717) is 17.0 Å². The molecule has 186 valence electrons. The van der Waals surface area contributed by atoms with Crippen LogP contribution in [0.25, 0.3) is 0 Å². The van der Waals surface area contributed by atoms with Crippen LogP contribution in [0, 0.1) is 10.1 Å². The smallest absolute Gasteiger partial charge is 0.336 e. The molecule has 11 heteroatoms. The molecule has 1 aromatic carbocycles. The van der Waals surface area contributed by atoms with E-state index < -0.39 is 22.8 Å². The molecule has 1 aromatic heterocycles. The number of dihydropyridines is 1. The van der Waals surface area contributed by atoms with Crippen LogP contribution in [0.3, 0.4) is 0 Å². The summed E-state index contributed by atoms with van der Waals surface area (Å²) in [4.78, 5) is 40.7. The Kier molecular flexibility index (Phi) is 9.92. The van der Waals surface area contributed by atoms with Crippen molar-refractivity contribution in [2.24, 2.45) is 0 Å². The van der Waals surface area contributed by atoms with Crippen molar-refractivity contribution >= 4 is 30.0 Å². The maximum Gasteiger partial charge on any atom is 0.336 e. The van der Waals surface area contributed by atoms with E-state index in [-0.39, 0.29) is 49.1 Å². The molecule has 0 fully saturated rings. The summed E-state index contributed by atoms with van der Waals surface area (Å²) in [6.45, 7) is 3.71. The number of hydrogen-bond acceptors (Lipinski definition) is 9. The Morgan fingerprint density at radius 1 is 1.11 bits per heavy atom. The highest BCUT2D eigenvalue weighted by molar-refractivity contribution is 6.00. The van der Waals surface area contributed by atoms with Gasteiger partial charge in [0.05, 0.1) is 54.6 Å². The molecule has 0 aliphatic carbocycles. The summed E-state index contributed by atoms with van der Waals surface area (Å²) in [5.41, 5.74) is 2.23. The highest BCUT2D eigenvalue weighted by Crippen LogP contribution is 2.40. The van der Waals surface area contributed by atoms with E-state index in [1.165, 1.54) is 25.3 Å². The topological polar surface area (TPSA) is 130 Å². The number of aromatic nitrogens is 1. The van der Waals surface area contributed by atoms with Gasteiger partial charge in [-0.3, -0.25) is 15.1 Å². The lowest BCUT2D eigenvalue weighted by Gasteiger charge is -2.31. The summed E-state index contributed by atoms with van der Waals surface area (Å²) in [6, 6.07) is 9.41. The minimum atomic E-state index is -0.952. The van der Waals surface area contributed by atoms with Gasteiger partial charge in [-0.1, -0.05) is 12.1 Å². The van der Waals surface area contributed by atoms with E-state index in [9.17, 15) is 19.7 Å². The zero-order valence-electron chi connectivity index (χ0n) is 19.5. The van der Waals surface area contributed by atoms with Crippen LogP contribution in [-0.4, -0.2) is 42.2 Å². The second kappa shape index (κ2) is 12.6. The Hall–Kier alpha value is -3.76.